The number of nitrogens with one attached hydrogen (secondary N) is 2. The Hall–Kier alpha value is -1.49. The van der Waals surface area contributed by atoms with E-state index in [9.17, 15) is 13.2 Å². The molecule has 0 amide bonds. The number of rotatable bonds is 4. The second-order valence-electron chi connectivity index (χ2n) is 5.68. The highest BCUT2D eigenvalue weighted by molar-refractivity contribution is 5.85. The van der Waals surface area contributed by atoms with Gasteiger partial charge in [0.1, 0.15) is 0 Å². The molecule has 2 aromatic rings. The first-order valence-corrected chi connectivity index (χ1v) is 7.44. The molecule has 1 aromatic carbocycles. The maximum Gasteiger partial charge on any atom is 0.389 e. The van der Waals surface area contributed by atoms with Crippen molar-refractivity contribution in [2.75, 3.05) is 6.54 Å². The van der Waals surface area contributed by atoms with Crippen LogP contribution in [0, 0.1) is 0 Å². The smallest absolute Gasteiger partial charge is 0.357 e. The predicted molar refractivity (Wildman–Crippen MR) is 77.3 cm³/mol. The summed E-state index contributed by atoms with van der Waals surface area (Å²) >= 11 is 0. The Morgan fingerprint density at radius 2 is 2.05 bits per heavy atom. The van der Waals surface area contributed by atoms with Crippen LogP contribution in [0.1, 0.15) is 43.0 Å². The minimum Gasteiger partial charge on any atom is -0.357 e. The van der Waals surface area contributed by atoms with E-state index in [1.165, 1.54) is 10.9 Å². The van der Waals surface area contributed by atoms with Crippen molar-refractivity contribution in [2.45, 2.75) is 44.3 Å². The lowest BCUT2D eigenvalue weighted by Crippen LogP contribution is -2.27. The highest BCUT2D eigenvalue weighted by Crippen LogP contribution is 2.34. The number of para-hydroxylation sites is 1. The number of halogens is 3. The molecule has 1 aromatic heterocycles. The second kappa shape index (κ2) is 5.72. The van der Waals surface area contributed by atoms with Crippen molar-refractivity contribution in [1.82, 2.24) is 10.3 Å². The van der Waals surface area contributed by atoms with E-state index >= 15 is 0 Å². The molecule has 114 valence electrons. The number of aromatic amines is 1. The van der Waals surface area contributed by atoms with Crippen molar-refractivity contribution in [3.05, 3.63) is 35.5 Å². The molecule has 0 aliphatic heterocycles. The minimum atomic E-state index is -4.06. The molecule has 2 nitrogen and oxygen atoms in total. The van der Waals surface area contributed by atoms with Crippen LogP contribution in [0.25, 0.3) is 10.9 Å². The summed E-state index contributed by atoms with van der Waals surface area (Å²) < 4.78 is 36.5. The second-order valence-corrected chi connectivity index (χ2v) is 5.68. The van der Waals surface area contributed by atoms with Crippen molar-refractivity contribution in [3.63, 3.8) is 0 Å². The maximum atomic E-state index is 12.2. The van der Waals surface area contributed by atoms with Crippen molar-refractivity contribution in [2.24, 2.45) is 0 Å². The zero-order valence-corrected chi connectivity index (χ0v) is 11.8. The summed E-state index contributed by atoms with van der Waals surface area (Å²) in [5.41, 5.74) is 3.60. The van der Waals surface area contributed by atoms with E-state index in [1.807, 2.05) is 18.2 Å². The number of hydrogen-bond donors (Lipinski definition) is 2. The summed E-state index contributed by atoms with van der Waals surface area (Å²) in [7, 11) is 0. The van der Waals surface area contributed by atoms with Crippen molar-refractivity contribution in [1.29, 1.82) is 0 Å². The minimum absolute atomic E-state index is 0.134. The predicted octanol–water partition coefficient (Wildman–Crippen LogP) is 4.48. The third-order valence-corrected chi connectivity index (χ3v) is 4.14. The first kappa shape index (κ1) is 14.4. The van der Waals surface area contributed by atoms with Crippen LogP contribution in [-0.4, -0.2) is 17.7 Å². The Balaban J connectivity index is 1.69. The first-order chi connectivity index (χ1) is 10.0. The number of aryl methyl sites for hydroxylation is 1. The molecule has 1 unspecified atom stereocenters. The molecule has 0 fully saturated rings. The monoisotopic (exact) mass is 296 g/mol. The summed E-state index contributed by atoms with van der Waals surface area (Å²) in [6, 6.07) is 8.33. The van der Waals surface area contributed by atoms with Crippen LogP contribution in [0.2, 0.25) is 0 Å². The zero-order valence-electron chi connectivity index (χ0n) is 11.8. The van der Waals surface area contributed by atoms with Gasteiger partial charge in [-0.3, -0.25) is 0 Å². The normalized spacial score (nSPS) is 18.9. The zero-order chi connectivity index (χ0) is 14.9. The number of aromatic nitrogens is 1. The van der Waals surface area contributed by atoms with Crippen LogP contribution < -0.4 is 5.32 Å². The lowest BCUT2D eigenvalue weighted by Gasteiger charge is -2.24. The van der Waals surface area contributed by atoms with Crippen LogP contribution in [0.15, 0.2) is 24.3 Å². The van der Waals surface area contributed by atoms with E-state index in [-0.39, 0.29) is 12.5 Å². The Kier molecular flexibility index (Phi) is 3.93. The van der Waals surface area contributed by atoms with Crippen molar-refractivity contribution < 1.29 is 13.2 Å². The third kappa shape index (κ3) is 3.23. The molecule has 1 heterocycles. The fourth-order valence-corrected chi connectivity index (χ4v) is 3.18. The molecule has 5 heteroatoms. The van der Waals surface area contributed by atoms with Crippen LogP contribution in [-0.2, 0) is 6.42 Å². The van der Waals surface area contributed by atoms with Gasteiger partial charge >= 0.3 is 6.18 Å². The Labute approximate surface area is 121 Å². The Morgan fingerprint density at radius 3 is 2.86 bits per heavy atom. The van der Waals surface area contributed by atoms with Gasteiger partial charge in [0, 0.05) is 29.1 Å². The van der Waals surface area contributed by atoms with E-state index in [0.29, 0.717) is 6.54 Å². The third-order valence-electron chi connectivity index (χ3n) is 4.14. The molecular formula is C16H19F3N2. The van der Waals surface area contributed by atoms with Gasteiger partial charge in [-0.15, -0.1) is 0 Å². The van der Waals surface area contributed by atoms with Gasteiger partial charge in [-0.05, 0) is 43.9 Å². The molecule has 21 heavy (non-hydrogen) atoms. The molecule has 0 spiro atoms. The molecule has 0 radical (unpaired) electrons. The van der Waals surface area contributed by atoms with Crippen molar-refractivity contribution >= 4 is 10.9 Å². The topological polar surface area (TPSA) is 27.8 Å². The van der Waals surface area contributed by atoms with E-state index in [2.05, 4.69) is 16.4 Å². The van der Waals surface area contributed by atoms with Gasteiger partial charge < -0.3 is 10.3 Å². The number of alkyl halides is 3. The summed E-state index contributed by atoms with van der Waals surface area (Å²) in [4.78, 5) is 3.44. The SMILES string of the molecule is FC(F)(F)CCCNC1CCCc2c1[nH]c1ccccc21. The summed E-state index contributed by atoms with van der Waals surface area (Å²) in [5, 5.41) is 4.52. The average molecular weight is 296 g/mol. The van der Waals surface area contributed by atoms with Crippen LogP contribution in [0.3, 0.4) is 0 Å². The van der Waals surface area contributed by atoms with Crippen LogP contribution >= 0.6 is 0 Å². The number of fused-ring (bicyclic) bond motifs is 3. The quantitative estimate of drug-likeness (QED) is 0.800. The van der Waals surface area contributed by atoms with Gasteiger partial charge in [-0.1, -0.05) is 18.2 Å². The molecule has 0 saturated heterocycles. The van der Waals surface area contributed by atoms with E-state index in [4.69, 9.17) is 0 Å². The lowest BCUT2D eigenvalue weighted by molar-refractivity contribution is -0.135. The van der Waals surface area contributed by atoms with E-state index in [1.54, 1.807) is 0 Å². The highest BCUT2D eigenvalue weighted by Gasteiger charge is 2.27. The van der Waals surface area contributed by atoms with Gasteiger partial charge in [-0.25, -0.2) is 0 Å². The average Bonchev–Trinajstić information content (AvgIpc) is 2.82. The number of benzene rings is 1. The van der Waals surface area contributed by atoms with Crippen LogP contribution in [0.4, 0.5) is 13.2 Å². The largest absolute Gasteiger partial charge is 0.389 e. The molecule has 2 N–H and O–H groups in total. The summed E-state index contributed by atoms with van der Waals surface area (Å²) in [6.45, 7) is 0.402. The molecule has 0 saturated carbocycles. The van der Waals surface area contributed by atoms with Gasteiger partial charge in [0.05, 0.1) is 0 Å². The number of H-pyrrole nitrogens is 1. The van der Waals surface area contributed by atoms with Gasteiger partial charge in [-0.2, -0.15) is 13.2 Å². The maximum absolute atomic E-state index is 12.2. The van der Waals surface area contributed by atoms with Crippen LogP contribution in [0.5, 0.6) is 0 Å². The standard InChI is InChI=1S/C16H19F3N2/c17-16(18,19)9-4-10-20-14-8-3-6-12-11-5-1-2-7-13(11)21-15(12)14/h1-2,5,7,14,20-21H,3-4,6,8-10H2. The highest BCUT2D eigenvalue weighted by atomic mass is 19.4. The van der Waals surface area contributed by atoms with E-state index in [0.717, 1.165) is 30.5 Å². The first-order valence-electron chi connectivity index (χ1n) is 7.44. The molecular weight excluding hydrogens is 277 g/mol. The lowest BCUT2D eigenvalue weighted by atomic mass is 9.91. The van der Waals surface area contributed by atoms with E-state index < -0.39 is 12.6 Å². The van der Waals surface area contributed by atoms with Gasteiger partial charge in [0.15, 0.2) is 0 Å². The molecule has 1 aliphatic rings. The summed E-state index contributed by atoms with van der Waals surface area (Å²) in [6.07, 6.45) is -1.54. The van der Waals surface area contributed by atoms with Gasteiger partial charge in [0.25, 0.3) is 0 Å². The number of hydrogen-bond acceptors (Lipinski definition) is 1. The summed E-state index contributed by atoms with van der Waals surface area (Å²) in [5.74, 6) is 0. The molecule has 0 bridgehead atoms. The Bertz CT molecular complexity index is 615. The van der Waals surface area contributed by atoms with Gasteiger partial charge in [0.2, 0.25) is 0 Å². The molecule has 3 rings (SSSR count). The fourth-order valence-electron chi connectivity index (χ4n) is 3.18. The molecule has 1 atom stereocenters. The molecule has 1 aliphatic carbocycles. The van der Waals surface area contributed by atoms with Crippen molar-refractivity contribution in [3.8, 4) is 0 Å². The fraction of sp³-hybridized carbons (Fsp3) is 0.500. The Morgan fingerprint density at radius 1 is 1.24 bits per heavy atom.